The van der Waals surface area contributed by atoms with E-state index in [2.05, 4.69) is 10.6 Å². The summed E-state index contributed by atoms with van der Waals surface area (Å²) in [7, 11) is 3.05. The second-order valence-corrected chi connectivity index (χ2v) is 6.44. The average molecular weight is 406 g/mol. The molecule has 8 heteroatoms. The van der Waals surface area contributed by atoms with Crippen molar-refractivity contribution in [2.75, 3.05) is 27.4 Å². The first-order valence-corrected chi connectivity index (χ1v) is 9.86. The lowest BCUT2D eigenvalue weighted by Crippen LogP contribution is -2.46. The van der Waals surface area contributed by atoms with E-state index >= 15 is 0 Å². The quantitative estimate of drug-likeness (QED) is 0.578. The molecular weight excluding hydrogens is 376 g/mol. The minimum absolute atomic E-state index is 0.236. The first kappa shape index (κ1) is 22.4. The highest BCUT2D eigenvalue weighted by Crippen LogP contribution is 2.42. The van der Waals surface area contributed by atoms with Gasteiger partial charge in [-0.2, -0.15) is 0 Å². The fourth-order valence-corrected chi connectivity index (χ4v) is 3.22. The summed E-state index contributed by atoms with van der Waals surface area (Å²) in [6.07, 6.45) is 2.33. The molecule has 0 aliphatic carbocycles. The van der Waals surface area contributed by atoms with Crippen LogP contribution in [0.3, 0.4) is 0 Å². The molecule has 0 aromatic heterocycles. The maximum absolute atomic E-state index is 12.8. The van der Waals surface area contributed by atoms with Gasteiger partial charge in [0.25, 0.3) is 0 Å². The highest BCUT2D eigenvalue weighted by atomic mass is 16.5. The van der Waals surface area contributed by atoms with Gasteiger partial charge in [-0.1, -0.05) is 13.3 Å². The molecule has 0 spiro atoms. The predicted octanol–water partition coefficient (Wildman–Crippen LogP) is 3.46. The van der Waals surface area contributed by atoms with Crippen molar-refractivity contribution in [1.29, 1.82) is 0 Å². The predicted molar refractivity (Wildman–Crippen MR) is 108 cm³/mol. The fourth-order valence-electron chi connectivity index (χ4n) is 3.22. The van der Waals surface area contributed by atoms with Gasteiger partial charge in [-0.15, -0.1) is 0 Å². The van der Waals surface area contributed by atoms with Crippen LogP contribution in [0.25, 0.3) is 0 Å². The van der Waals surface area contributed by atoms with Crippen LogP contribution in [0, 0.1) is 0 Å². The Morgan fingerprint density at radius 1 is 1.07 bits per heavy atom. The van der Waals surface area contributed by atoms with E-state index in [1.807, 2.05) is 13.8 Å². The Labute approximate surface area is 171 Å². The SMILES string of the molecule is CCCCC1=C(C(=O)OCC)C(c2cc(OC)c(OCC)c(OC)c2)NC(=O)N1. The van der Waals surface area contributed by atoms with Crippen LogP contribution in [-0.2, 0) is 9.53 Å². The number of hydrogen-bond donors (Lipinski definition) is 2. The summed E-state index contributed by atoms with van der Waals surface area (Å²) in [6, 6.07) is 2.40. The molecule has 29 heavy (non-hydrogen) atoms. The molecule has 1 aromatic carbocycles. The van der Waals surface area contributed by atoms with Crippen molar-refractivity contribution in [2.45, 2.75) is 46.1 Å². The van der Waals surface area contributed by atoms with Gasteiger partial charge in [-0.05, 0) is 44.4 Å². The largest absolute Gasteiger partial charge is 0.493 e. The number of nitrogens with one attached hydrogen (secondary N) is 2. The Bertz CT molecular complexity index is 749. The molecule has 1 aliphatic rings. The standard InChI is InChI=1S/C21H30N2O6/c1-6-9-10-14-17(20(24)29-8-3)18(23-21(25)22-14)13-11-15(26-4)19(28-7-2)16(12-13)27-5/h11-12,18H,6-10H2,1-5H3,(H2,22,23,25). The summed E-state index contributed by atoms with van der Waals surface area (Å²) < 4.78 is 21.9. The van der Waals surface area contributed by atoms with E-state index in [4.69, 9.17) is 18.9 Å². The number of amides is 2. The van der Waals surface area contributed by atoms with Crippen molar-refractivity contribution in [3.05, 3.63) is 29.0 Å². The van der Waals surface area contributed by atoms with Crippen molar-refractivity contribution in [3.63, 3.8) is 0 Å². The van der Waals surface area contributed by atoms with E-state index in [1.165, 1.54) is 14.2 Å². The lowest BCUT2D eigenvalue weighted by Gasteiger charge is -2.30. The summed E-state index contributed by atoms with van der Waals surface area (Å²) in [5.74, 6) is 0.900. The average Bonchev–Trinajstić information content (AvgIpc) is 2.72. The summed E-state index contributed by atoms with van der Waals surface area (Å²) in [5.41, 5.74) is 1.59. The van der Waals surface area contributed by atoms with Gasteiger partial charge < -0.3 is 29.6 Å². The number of urea groups is 1. The van der Waals surface area contributed by atoms with Crippen molar-refractivity contribution in [1.82, 2.24) is 10.6 Å². The monoisotopic (exact) mass is 406 g/mol. The molecule has 0 radical (unpaired) electrons. The third kappa shape index (κ3) is 5.13. The van der Waals surface area contributed by atoms with Gasteiger partial charge in [0.2, 0.25) is 5.75 Å². The van der Waals surface area contributed by atoms with Crippen LogP contribution in [0.4, 0.5) is 4.79 Å². The molecule has 0 fully saturated rings. The summed E-state index contributed by atoms with van der Waals surface area (Å²) in [6.45, 7) is 6.33. The Hall–Kier alpha value is -2.90. The highest BCUT2D eigenvalue weighted by Gasteiger charge is 2.34. The summed E-state index contributed by atoms with van der Waals surface area (Å²) >= 11 is 0. The number of carbonyl (C=O) groups excluding carboxylic acids is 2. The number of allylic oxidation sites excluding steroid dienone is 1. The number of ether oxygens (including phenoxy) is 4. The number of unbranched alkanes of at least 4 members (excludes halogenated alkanes) is 1. The van der Waals surface area contributed by atoms with E-state index in [0.717, 1.165) is 12.8 Å². The van der Waals surface area contributed by atoms with E-state index in [-0.39, 0.29) is 12.6 Å². The lowest BCUT2D eigenvalue weighted by atomic mass is 9.93. The highest BCUT2D eigenvalue weighted by molar-refractivity contribution is 5.95. The third-order valence-electron chi connectivity index (χ3n) is 4.53. The lowest BCUT2D eigenvalue weighted by molar-refractivity contribution is -0.139. The van der Waals surface area contributed by atoms with E-state index in [1.54, 1.807) is 19.1 Å². The Morgan fingerprint density at radius 2 is 1.72 bits per heavy atom. The first-order valence-electron chi connectivity index (χ1n) is 9.86. The van der Waals surface area contributed by atoms with Crippen LogP contribution in [0.1, 0.15) is 51.6 Å². The van der Waals surface area contributed by atoms with Gasteiger partial charge in [-0.25, -0.2) is 9.59 Å². The molecule has 2 amide bonds. The number of methoxy groups -OCH3 is 2. The molecule has 160 valence electrons. The molecule has 0 saturated carbocycles. The Morgan fingerprint density at radius 3 is 2.24 bits per heavy atom. The van der Waals surface area contributed by atoms with Crippen LogP contribution < -0.4 is 24.8 Å². The third-order valence-corrected chi connectivity index (χ3v) is 4.53. The zero-order valence-corrected chi connectivity index (χ0v) is 17.7. The number of rotatable bonds is 10. The van der Waals surface area contributed by atoms with Gasteiger partial charge in [0.1, 0.15) is 0 Å². The van der Waals surface area contributed by atoms with Gasteiger partial charge in [0.15, 0.2) is 11.5 Å². The topological polar surface area (TPSA) is 95.1 Å². The second-order valence-electron chi connectivity index (χ2n) is 6.44. The first-order chi connectivity index (χ1) is 14.0. The van der Waals surface area contributed by atoms with Crippen molar-refractivity contribution < 1.29 is 28.5 Å². The van der Waals surface area contributed by atoms with Crippen molar-refractivity contribution >= 4 is 12.0 Å². The molecule has 1 atom stereocenters. The van der Waals surface area contributed by atoms with Crippen LogP contribution >= 0.6 is 0 Å². The molecule has 1 unspecified atom stereocenters. The number of carbonyl (C=O) groups is 2. The summed E-state index contributed by atoms with van der Waals surface area (Å²) in [4.78, 5) is 25.1. The fraction of sp³-hybridized carbons (Fsp3) is 0.524. The number of benzene rings is 1. The van der Waals surface area contributed by atoms with Crippen molar-refractivity contribution in [3.8, 4) is 17.2 Å². The van der Waals surface area contributed by atoms with E-state index < -0.39 is 12.0 Å². The smallest absolute Gasteiger partial charge is 0.338 e. The molecule has 2 rings (SSSR count). The van der Waals surface area contributed by atoms with Gasteiger partial charge in [0.05, 0.1) is 39.0 Å². The molecule has 0 bridgehead atoms. The normalized spacial score (nSPS) is 16.0. The maximum Gasteiger partial charge on any atom is 0.338 e. The molecule has 0 saturated heterocycles. The van der Waals surface area contributed by atoms with Crippen LogP contribution in [0.2, 0.25) is 0 Å². The van der Waals surface area contributed by atoms with Gasteiger partial charge in [0, 0.05) is 5.70 Å². The summed E-state index contributed by atoms with van der Waals surface area (Å²) in [5, 5.41) is 5.59. The minimum atomic E-state index is -0.701. The minimum Gasteiger partial charge on any atom is -0.493 e. The molecule has 8 nitrogen and oxygen atoms in total. The van der Waals surface area contributed by atoms with Gasteiger partial charge in [-0.3, -0.25) is 0 Å². The molecule has 2 N–H and O–H groups in total. The number of hydrogen-bond acceptors (Lipinski definition) is 6. The molecule has 1 aliphatic heterocycles. The molecule has 1 aromatic rings. The zero-order valence-electron chi connectivity index (χ0n) is 17.7. The van der Waals surface area contributed by atoms with E-state index in [0.29, 0.717) is 47.1 Å². The van der Waals surface area contributed by atoms with Crippen LogP contribution in [0.15, 0.2) is 23.4 Å². The Balaban J connectivity index is 2.61. The van der Waals surface area contributed by atoms with E-state index in [9.17, 15) is 9.59 Å². The number of esters is 1. The van der Waals surface area contributed by atoms with Crippen molar-refractivity contribution in [2.24, 2.45) is 0 Å². The maximum atomic E-state index is 12.8. The van der Waals surface area contributed by atoms with Crippen LogP contribution in [-0.4, -0.2) is 39.4 Å². The zero-order chi connectivity index (χ0) is 21.4. The molecule has 1 heterocycles. The van der Waals surface area contributed by atoms with Gasteiger partial charge >= 0.3 is 12.0 Å². The molecular formula is C21H30N2O6. The van der Waals surface area contributed by atoms with Crippen LogP contribution in [0.5, 0.6) is 17.2 Å². The Kier molecular flexibility index (Phi) is 8.18. The second kappa shape index (κ2) is 10.6.